The van der Waals surface area contributed by atoms with E-state index in [-0.39, 0.29) is 30.3 Å². The van der Waals surface area contributed by atoms with Crippen LogP contribution in [0.2, 0.25) is 0 Å². The number of rotatable bonds is 3. The molecule has 1 spiro atoms. The van der Waals surface area contributed by atoms with Gasteiger partial charge in [0.2, 0.25) is 5.91 Å². The second-order valence-corrected chi connectivity index (χ2v) is 8.24. The highest BCUT2D eigenvalue weighted by atomic mass is 35.5. The van der Waals surface area contributed by atoms with Crippen molar-refractivity contribution in [2.75, 3.05) is 33.2 Å². The molecule has 3 fully saturated rings. The van der Waals surface area contributed by atoms with Gasteiger partial charge in [-0.2, -0.15) is 0 Å². The Hall–Kier alpha value is -2.16. The van der Waals surface area contributed by atoms with Gasteiger partial charge in [0.1, 0.15) is 5.54 Å². The quantitative estimate of drug-likeness (QED) is 0.685. The average molecular weight is 437 g/mol. The van der Waals surface area contributed by atoms with Gasteiger partial charge in [-0.1, -0.05) is 30.3 Å². The number of halogens is 1. The fourth-order valence-corrected chi connectivity index (χ4v) is 4.78. The van der Waals surface area contributed by atoms with Gasteiger partial charge in [-0.3, -0.25) is 14.5 Å². The van der Waals surface area contributed by atoms with Crippen molar-refractivity contribution in [3.63, 3.8) is 0 Å². The SMILES string of the molecule is CN1C(=O)N(Cc2ccccc2)C2(CCN(C(=O)[C@H]3CNCC[C@H]3O)CC2)C1=O.Cl. The van der Waals surface area contributed by atoms with E-state index >= 15 is 0 Å². The molecule has 3 heterocycles. The van der Waals surface area contributed by atoms with Gasteiger partial charge in [0, 0.05) is 33.2 Å². The van der Waals surface area contributed by atoms with E-state index in [1.165, 1.54) is 11.9 Å². The van der Waals surface area contributed by atoms with Crippen LogP contribution in [0, 0.1) is 5.92 Å². The van der Waals surface area contributed by atoms with Gasteiger partial charge in [0.05, 0.1) is 12.0 Å². The van der Waals surface area contributed by atoms with Crippen molar-refractivity contribution < 1.29 is 19.5 Å². The third kappa shape index (κ3) is 3.79. The molecule has 1 aromatic rings. The number of aliphatic hydroxyl groups excluding tert-OH is 1. The van der Waals surface area contributed by atoms with Crippen LogP contribution >= 0.6 is 12.4 Å². The molecule has 4 amide bonds. The fraction of sp³-hybridized carbons (Fsp3) is 0.571. The lowest BCUT2D eigenvalue weighted by molar-refractivity contribution is -0.146. The Labute approximate surface area is 182 Å². The molecule has 3 saturated heterocycles. The zero-order valence-electron chi connectivity index (χ0n) is 17.1. The molecular formula is C21H29ClN4O4. The Kier molecular flexibility index (Phi) is 6.69. The van der Waals surface area contributed by atoms with E-state index in [9.17, 15) is 19.5 Å². The summed E-state index contributed by atoms with van der Waals surface area (Å²) in [5.41, 5.74) is 0.0697. The summed E-state index contributed by atoms with van der Waals surface area (Å²) in [6.45, 7) is 2.36. The number of piperidine rings is 2. The molecule has 4 rings (SSSR count). The van der Waals surface area contributed by atoms with Crippen molar-refractivity contribution in [3.05, 3.63) is 35.9 Å². The zero-order valence-corrected chi connectivity index (χ0v) is 17.9. The van der Waals surface area contributed by atoms with Gasteiger partial charge in [-0.25, -0.2) is 4.79 Å². The number of likely N-dealkylation sites (N-methyl/N-ethyl adjacent to an activating group) is 1. The maximum atomic E-state index is 13.0. The monoisotopic (exact) mass is 436 g/mol. The van der Waals surface area contributed by atoms with Gasteiger partial charge >= 0.3 is 6.03 Å². The van der Waals surface area contributed by atoms with Gasteiger partial charge < -0.3 is 20.2 Å². The minimum absolute atomic E-state index is 0. The zero-order chi connectivity index (χ0) is 20.6. The number of carbonyl (C=O) groups excluding carboxylic acids is 3. The maximum absolute atomic E-state index is 13.0. The topological polar surface area (TPSA) is 93.2 Å². The summed E-state index contributed by atoms with van der Waals surface area (Å²) in [4.78, 5) is 43.4. The summed E-state index contributed by atoms with van der Waals surface area (Å²) in [5, 5.41) is 13.4. The molecule has 3 aliphatic rings. The van der Waals surface area contributed by atoms with Crippen molar-refractivity contribution in [1.82, 2.24) is 20.0 Å². The molecule has 0 unspecified atom stereocenters. The van der Waals surface area contributed by atoms with Gasteiger partial charge in [-0.05, 0) is 31.4 Å². The number of nitrogens with zero attached hydrogens (tertiary/aromatic N) is 3. The molecule has 0 radical (unpaired) electrons. The summed E-state index contributed by atoms with van der Waals surface area (Å²) < 4.78 is 0. The smallest absolute Gasteiger partial charge is 0.327 e. The molecule has 1 aromatic carbocycles. The second kappa shape index (κ2) is 8.91. The van der Waals surface area contributed by atoms with Crippen LogP contribution < -0.4 is 5.32 Å². The summed E-state index contributed by atoms with van der Waals surface area (Å²) >= 11 is 0. The number of hydrogen-bond acceptors (Lipinski definition) is 5. The first kappa shape index (κ1) is 22.5. The van der Waals surface area contributed by atoms with Crippen LogP contribution in [0.1, 0.15) is 24.8 Å². The first-order valence-corrected chi connectivity index (χ1v) is 10.3. The average Bonchev–Trinajstić information content (AvgIpc) is 2.91. The predicted octanol–water partition coefficient (Wildman–Crippen LogP) is 0.834. The van der Waals surface area contributed by atoms with E-state index in [1.807, 2.05) is 30.3 Å². The second-order valence-electron chi connectivity index (χ2n) is 8.24. The van der Waals surface area contributed by atoms with Crippen LogP contribution in [0.3, 0.4) is 0 Å². The number of likely N-dealkylation sites (tertiary alicyclic amines) is 1. The van der Waals surface area contributed by atoms with E-state index in [0.717, 1.165) is 5.56 Å². The normalized spacial score (nSPS) is 26.1. The summed E-state index contributed by atoms with van der Waals surface area (Å²) in [6, 6.07) is 9.35. The van der Waals surface area contributed by atoms with E-state index in [4.69, 9.17) is 0 Å². The minimum atomic E-state index is -0.901. The lowest BCUT2D eigenvalue weighted by atomic mass is 9.84. The molecule has 30 heavy (non-hydrogen) atoms. The molecule has 0 bridgehead atoms. The molecule has 2 N–H and O–H groups in total. The number of aliphatic hydroxyl groups is 1. The third-order valence-corrected chi connectivity index (χ3v) is 6.59. The molecular weight excluding hydrogens is 408 g/mol. The predicted molar refractivity (Wildman–Crippen MR) is 113 cm³/mol. The highest BCUT2D eigenvalue weighted by Crippen LogP contribution is 2.38. The van der Waals surface area contributed by atoms with Crippen LogP contribution in [0.5, 0.6) is 0 Å². The summed E-state index contributed by atoms with van der Waals surface area (Å²) in [5.74, 6) is -0.703. The molecule has 0 aromatic heterocycles. The molecule has 0 saturated carbocycles. The van der Waals surface area contributed by atoms with Gasteiger partial charge in [0.15, 0.2) is 0 Å². The third-order valence-electron chi connectivity index (χ3n) is 6.59. The molecule has 2 atom stereocenters. The Morgan fingerprint density at radius 1 is 1.20 bits per heavy atom. The Morgan fingerprint density at radius 2 is 1.87 bits per heavy atom. The van der Waals surface area contributed by atoms with Crippen molar-refractivity contribution in [1.29, 1.82) is 0 Å². The fourth-order valence-electron chi connectivity index (χ4n) is 4.78. The van der Waals surface area contributed by atoms with Crippen molar-refractivity contribution in [3.8, 4) is 0 Å². The van der Waals surface area contributed by atoms with Crippen LogP contribution in [0.4, 0.5) is 4.79 Å². The first-order valence-electron chi connectivity index (χ1n) is 10.3. The Morgan fingerprint density at radius 3 is 2.50 bits per heavy atom. The van der Waals surface area contributed by atoms with E-state index in [1.54, 1.807) is 9.80 Å². The largest absolute Gasteiger partial charge is 0.392 e. The van der Waals surface area contributed by atoms with E-state index in [0.29, 0.717) is 52.0 Å². The van der Waals surface area contributed by atoms with Crippen LogP contribution in [0.25, 0.3) is 0 Å². The van der Waals surface area contributed by atoms with E-state index < -0.39 is 17.6 Å². The van der Waals surface area contributed by atoms with E-state index in [2.05, 4.69) is 5.32 Å². The maximum Gasteiger partial charge on any atom is 0.327 e. The van der Waals surface area contributed by atoms with Crippen LogP contribution in [-0.4, -0.2) is 82.5 Å². The number of carbonyl (C=O) groups is 3. The van der Waals surface area contributed by atoms with Crippen LogP contribution in [-0.2, 0) is 16.1 Å². The standard InChI is InChI=1S/C21H28N4O4.ClH/c1-23-19(28)21(25(20(23)29)14-15-5-3-2-4-6-15)8-11-24(12-9-21)18(27)16-13-22-10-7-17(16)26;/h2-6,16-17,22,26H,7-14H2,1H3;1H/t16-,17+;/m0./s1. The highest BCUT2D eigenvalue weighted by Gasteiger charge is 2.57. The number of nitrogens with one attached hydrogen (secondary N) is 1. The van der Waals surface area contributed by atoms with Crippen molar-refractivity contribution in [2.45, 2.75) is 37.5 Å². The molecule has 3 aliphatic heterocycles. The molecule has 8 nitrogen and oxygen atoms in total. The van der Waals surface area contributed by atoms with Crippen LogP contribution in [0.15, 0.2) is 30.3 Å². The summed E-state index contributed by atoms with van der Waals surface area (Å²) in [7, 11) is 1.53. The number of benzene rings is 1. The van der Waals surface area contributed by atoms with Gasteiger partial charge in [-0.15, -0.1) is 12.4 Å². The summed E-state index contributed by atoms with van der Waals surface area (Å²) in [6.07, 6.45) is 0.764. The molecule has 9 heteroatoms. The molecule has 164 valence electrons. The van der Waals surface area contributed by atoms with Crippen molar-refractivity contribution >= 4 is 30.3 Å². The number of imide groups is 1. The highest BCUT2D eigenvalue weighted by molar-refractivity contribution is 6.06. The Bertz CT molecular complexity index is 797. The minimum Gasteiger partial charge on any atom is -0.392 e. The Balaban J connectivity index is 0.00000256. The van der Waals surface area contributed by atoms with Crippen molar-refractivity contribution in [2.24, 2.45) is 5.92 Å². The number of urea groups is 1. The lowest BCUT2D eigenvalue weighted by Gasteiger charge is -2.43. The first-order chi connectivity index (χ1) is 13.9. The molecule has 0 aliphatic carbocycles. The lowest BCUT2D eigenvalue weighted by Crippen LogP contribution is -2.59. The number of hydrogen-bond donors (Lipinski definition) is 2. The van der Waals surface area contributed by atoms with Gasteiger partial charge in [0.25, 0.3) is 5.91 Å². The number of amides is 4.